The molecule has 0 fully saturated rings. The summed E-state index contributed by atoms with van der Waals surface area (Å²) < 4.78 is 7.62. The summed E-state index contributed by atoms with van der Waals surface area (Å²) in [5, 5.41) is 0. The van der Waals surface area contributed by atoms with Crippen molar-refractivity contribution in [3.8, 4) is 5.75 Å². The second-order valence-corrected chi connectivity index (χ2v) is 5.82. The highest BCUT2D eigenvalue weighted by Crippen LogP contribution is 2.22. The molecule has 4 heteroatoms. The molecule has 0 bridgehead atoms. The lowest BCUT2D eigenvalue weighted by Gasteiger charge is -2.07. The van der Waals surface area contributed by atoms with Crippen molar-refractivity contribution in [1.29, 1.82) is 0 Å². The Labute approximate surface area is 128 Å². The molecule has 0 heterocycles. The molecule has 2 aromatic carbocycles. The minimum absolute atomic E-state index is 0.497. The highest BCUT2D eigenvalue weighted by molar-refractivity contribution is 14.1. The van der Waals surface area contributed by atoms with Crippen LogP contribution in [-0.2, 0) is 6.61 Å². The van der Waals surface area contributed by atoms with Gasteiger partial charge in [0, 0.05) is 13.6 Å². The molecule has 0 spiro atoms. The molecule has 0 aromatic heterocycles. The van der Waals surface area contributed by atoms with Gasteiger partial charge in [-0.25, -0.2) is 0 Å². The second kappa shape index (κ2) is 6.33. The zero-order chi connectivity index (χ0) is 13.0. The molecule has 0 unspecified atom stereocenters. The maximum atomic E-state index is 10.8. The smallest absolute Gasteiger partial charge is 0.151 e. The van der Waals surface area contributed by atoms with E-state index >= 15 is 0 Å². The van der Waals surface area contributed by atoms with Gasteiger partial charge in [-0.2, -0.15) is 0 Å². The van der Waals surface area contributed by atoms with Gasteiger partial charge in [-0.1, -0.05) is 28.1 Å². The number of rotatable bonds is 4. The Morgan fingerprint density at radius 3 is 2.56 bits per heavy atom. The molecule has 0 saturated carbocycles. The maximum Gasteiger partial charge on any atom is 0.151 e. The lowest BCUT2D eigenvalue weighted by molar-refractivity contribution is 0.112. The van der Waals surface area contributed by atoms with E-state index in [2.05, 4.69) is 38.5 Å². The average Bonchev–Trinajstić information content (AvgIpc) is 2.39. The van der Waals surface area contributed by atoms with Crippen LogP contribution in [0.15, 0.2) is 46.9 Å². The van der Waals surface area contributed by atoms with E-state index in [9.17, 15) is 4.79 Å². The van der Waals surface area contributed by atoms with Crippen LogP contribution < -0.4 is 4.74 Å². The van der Waals surface area contributed by atoms with E-state index in [1.54, 1.807) is 6.07 Å². The first-order valence-corrected chi connectivity index (χ1v) is 7.18. The quantitative estimate of drug-likeness (QED) is 0.543. The Bertz CT molecular complexity index is 552. The summed E-state index contributed by atoms with van der Waals surface area (Å²) in [7, 11) is 0. The fourth-order valence-electron chi connectivity index (χ4n) is 1.45. The summed E-state index contributed by atoms with van der Waals surface area (Å²) >= 11 is 5.57. The van der Waals surface area contributed by atoms with Gasteiger partial charge in [0.15, 0.2) is 6.29 Å². The van der Waals surface area contributed by atoms with Gasteiger partial charge < -0.3 is 4.74 Å². The van der Waals surface area contributed by atoms with Gasteiger partial charge in [0.2, 0.25) is 0 Å². The van der Waals surface area contributed by atoms with Crippen LogP contribution in [0.3, 0.4) is 0 Å². The van der Waals surface area contributed by atoms with Gasteiger partial charge >= 0.3 is 0 Å². The molecular formula is C14H10BrIO2. The van der Waals surface area contributed by atoms with E-state index in [0.29, 0.717) is 17.9 Å². The first-order valence-electron chi connectivity index (χ1n) is 5.31. The first kappa shape index (κ1) is 13.5. The average molecular weight is 417 g/mol. The number of ether oxygens (including phenoxy) is 1. The van der Waals surface area contributed by atoms with Crippen molar-refractivity contribution in [2.45, 2.75) is 6.61 Å². The van der Waals surface area contributed by atoms with Crippen LogP contribution in [0.5, 0.6) is 5.75 Å². The van der Waals surface area contributed by atoms with E-state index in [1.165, 1.54) is 3.57 Å². The van der Waals surface area contributed by atoms with E-state index in [0.717, 1.165) is 16.3 Å². The number of hydrogen-bond donors (Lipinski definition) is 0. The Morgan fingerprint density at radius 2 is 1.89 bits per heavy atom. The molecule has 0 aliphatic carbocycles. The van der Waals surface area contributed by atoms with Crippen molar-refractivity contribution in [3.05, 3.63) is 61.6 Å². The van der Waals surface area contributed by atoms with Crippen molar-refractivity contribution in [1.82, 2.24) is 0 Å². The van der Waals surface area contributed by atoms with E-state index < -0.39 is 0 Å². The van der Waals surface area contributed by atoms with Crippen molar-refractivity contribution in [3.63, 3.8) is 0 Å². The van der Waals surface area contributed by atoms with Crippen molar-refractivity contribution in [2.75, 3.05) is 0 Å². The summed E-state index contributed by atoms with van der Waals surface area (Å²) in [5.41, 5.74) is 1.70. The van der Waals surface area contributed by atoms with Crippen LogP contribution in [0.2, 0.25) is 0 Å². The standard InChI is InChI=1S/C14H10BrIO2/c15-14-6-5-13(7-11(14)8-17)18-9-10-1-3-12(16)4-2-10/h1-8H,9H2. The third kappa shape index (κ3) is 3.55. The Balaban J connectivity index is 2.06. The normalized spacial score (nSPS) is 10.1. The number of halogens is 2. The molecule has 0 N–H and O–H groups in total. The van der Waals surface area contributed by atoms with Crippen LogP contribution >= 0.6 is 38.5 Å². The summed E-state index contributed by atoms with van der Waals surface area (Å²) in [6.07, 6.45) is 0.807. The zero-order valence-electron chi connectivity index (χ0n) is 9.40. The fourth-order valence-corrected chi connectivity index (χ4v) is 2.15. The minimum Gasteiger partial charge on any atom is -0.489 e. The number of carbonyl (C=O) groups is 1. The largest absolute Gasteiger partial charge is 0.489 e. The first-order chi connectivity index (χ1) is 8.69. The fraction of sp³-hybridized carbons (Fsp3) is 0.0714. The van der Waals surface area contributed by atoms with Crippen LogP contribution in [0.25, 0.3) is 0 Å². The number of carbonyl (C=O) groups excluding carboxylic acids is 1. The van der Waals surface area contributed by atoms with Gasteiger partial charge in [-0.05, 0) is 58.5 Å². The van der Waals surface area contributed by atoms with Gasteiger partial charge in [0.05, 0.1) is 0 Å². The zero-order valence-corrected chi connectivity index (χ0v) is 13.1. The Hall–Kier alpha value is -0.880. The summed E-state index contributed by atoms with van der Waals surface area (Å²) in [6, 6.07) is 13.5. The third-order valence-electron chi connectivity index (χ3n) is 2.41. The monoisotopic (exact) mass is 416 g/mol. The summed E-state index contributed by atoms with van der Waals surface area (Å²) in [6.45, 7) is 0.497. The Kier molecular flexibility index (Phi) is 4.77. The summed E-state index contributed by atoms with van der Waals surface area (Å²) in [4.78, 5) is 10.8. The number of benzene rings is 2. The van der Waals surface area contributed by atoms with E-state index in [-0.39, 0.29) is 0 Å². The van der Waals surface area contributed by atoms with Crippen LogP contribution in [0.4, 0.5) is 0 Å². The molecule has 0 radical (unpaired) electrons. The van der Waals surface area contributed by atoms with Gasteiger partial charge in [0.1, 0.15) is 12.4 Å². The topological polar surface area (TPSA) is 26.3 Å². The Morgan fingerprint density at radius 1 is 1.17 bits per heavy atom. The van der Waals surface area contributed by atoms with E-state index in [4.69, 9.17) is 4.74 Å². The molecule has 0 atom stereocenters. The molecule has 0 aliphatic rings. The molecule has 0 aliphatic heterocycles. The van der Waals surface area contributed by atoms with Crippen LogP contribution in [-0.4, -0.2) is 6.29 Å². The van der Waals surface area contributed by atoms with Crippen LogP contribution in [0.1, 0.15) is 15.9 Å². The van der Waals surface area contributed by atoms with Crippen molar-refractivity contribution >= 4 is 44.8 Å². The molecule has 2 aromatic rings. The maximum absolute atomic E-state index is 10.8. The van der Waals surface area contributed by atoms with Gasteiger partial charge in [-0.3, -0.25) is 4.79 Å². The van der Waals surface area contributed by atoms with Gasteiger partial charge in [-0.15, -0.1) is 0 Å². The highest BCUT2D eigenvalue weighted by Gasteiger charge is 2.02. The predicted octanol–water partition coefficient (Wildman–Crippen LogP) is 4.45. The number of aldehydes is 1. The lowest BCUT2D eigenvalue weighted by atomic mass is 10.2. The third-order valence-corrected chi connectivity index (χ3v) is 3.85. The predicted molar refractivity (Wildman–Crippen MR) is 83.0 cm³/mol. The molecule has 2 rings (SSSR count). The molecule has 0 saturated heterocycles. The van der Waals surface area contributed by atoms with Crippen molar-refractivity contribution in [2.24, 2.45) is 0 Å². The second-order valence-electron chi connectivity index (χ2n) is 3.72. The molecule has 92 valence electrons. The van der Waals surface area contributed by atoms with Crippen LogP contribution in [0, 0.1) is 3.57 Å². The van der Waals surface area contributed by atoms with E-state index in [1.807, 2.05) is 36.4 Å². The van der Waals surface area contributed by atoms with Gasteiger partial charge in [0.25, 0.3) is 0 Å². The molecule has 0 amide bonds. The molecular weight excluding hydrogens is 407 g/mol. The minimum atomic E-state index is 0.497. The van der Waals surface area contributed by atoms with Crippen molar-refractivity contribution < 1.29 is 9.53 Å². The summed E-state index contributed by atoms with van der Waals surface area (Å²) in [5.74, 6) is 0.693. The molecule has 18 heavy (non-hydrogen) atoms. The lowest BCUT2D eigenvalue weighted by Crippen LogP contribution is -1.96. The SMILES string of the molecule is O=Cc1cc(OCc2ccc(I)cc2)ccc1Br. The number of hydrogen-bond acceptors (Lipinski definition) is 2. The highest BCUT2D eigenvalue weighted by atomic mass is 127. The molecule has 2 nitrogen and oxygen atoms in total.